The summed E-state index contributed by atoms with van der Waals surface area (Å²) in [6.07, 6.45) is 3.53. The van der Waals surface area contributed by atoms with E-state index in [-0.39, 0.29) is 64.4 Å². The number of carbonyl (C=O) groups excluding carboxylic acids is 5. The van der Waals surface area contributed by atoms with Crippen molar-refractivity contribution in [2.24, 2.45) is 0 Å². The van der Waals surface area contributed by atoms with E-state index in [1.807, 2.05) is 44.2 Å². The number of carbonyl (C=O) groups is 5. The first-order valence-corrected chi connectivity index (χ1v) is 45.1. The minimum atomic E-state index is -4.89. The number of aromatic nitrogens is 10. The predicted molar refractivity (Wildman–Crippen MR) is 530 cm³/mol. The Hall–Kier alpha value is -18.7. The summed E-state index contributed by atoms with van der Waals surface area (Å²) in [6.45, 7) is 4.42. The van der Waals surface area contributed by atoms with E-state index in [2.05, 4.69) is 98.2 Å². The zero-order valence-corrected chi connectivity index (χ0v) is 80.2. The number of amides is 5. The van der Waals surface area contributed by atoms with E-state index in [4.69, 9.17) is 91.1 Å². The summed E-state index contributed by atoms with van der Waals surface area (Å²) in [7, 11) is 5.81. The molecular formula is C104H77BrCl2F3N15O21. The summed E-state index contributed by atoms with van der Waals surface area (Å²) in [4.78, 5) is 63.6. The van der Waals surface area contributed by atoms with Crippen molar-refractivity contribution in [1.29, 1.82) is 0 Å². The van der Waals surface area contributed by atoms with Crippen LogP contribution in [-0.4, -0.2) is 122 Å². The van der Waals surface area contributed by atoms with Gasteiger partial charge < -0.3 is 99.2 Å². The number of halogens is 6. The molecule has 10 aromatic heterocycles. The van der Waals surface area contributed by atoms with Gasteiger partial charge in [0.25, 0.3) is 59.0 Å². The molecule has 146 heavy (non-hydrogen) atoms. The number of ether oxygens (including phenoxy) is 6. The number of hydrogen-bond donors (Lipinski definition) is 5. The lowest BCUT2D eigenvalue weighted by molar-refractivity contribution is -0.274. The molecule has 0 saturated carbocycles. The average Bonchev–Trinajstić information content (AvgIpc) is 1.63. The van der Waals surface area contributed by atoms with Crippen LogP contribution in [0.25, 0.3) is 116 Å². The average molecular weight is 2080 g/mol. The number of methoxy groups -OCH3 is 4. The summed E-state index contributed by atoms with van der Waals surface area (Å²) in [5, 5.41) is 54.8. The summed E-state index contributed by atoms with van der Waals surface area (Å²) >= 11 is 15.5. The second kappa shape index (κ2) is 47.0. The number of anilines is 5. The molecule has 0 fully saturated rings. The second-order valence-electron chi connectivity index (χ2n) is 30.4. The smallest absolute Gasteiger partial charge is 0.496 e. The van der Waals surface area contributed by atoms with Gasteiger partial charge in [-0.05, 0) is 254 Å². The second-order valence-corrected chi connectivity index (χ2v) is 32.1. The molecule has 0 spiro atoms. The monoisotopic (exact) mass is 2080 g/mol. The fourth-order valence-electron chi connectivity index (χ4n) is 13.7. The number of alkyl halides is 3. The fourth-order valence-corrected chi connectivity index (χ4v) is 14.7. The molecule has 10 heterocycles. The highest BCUT2D eigenvalue weighted by Gasteiger charge is 2.33. The van der Waals surface area contributed by atoms with Crippen LogP contribution in [0, 0.1) is 6.92 Å². The first-order valence-electron chi connectivity index (χ1n) is 43.5. The molecule has 0 bridgehead atoms. The highest BCUT2D eigenvalue weighted by atomic mass is 79.9. The van der Waals surface area contributed by atoms with Crippen molar-refractivity contribution in [3.05, 3.63) is 352 Å². The molecule has 36 nitrogen and oxygen atoms in total. The van der Waals surface area contributed by atoms with Gasteiger partial charge in [-0.2, -0.15) is 0 Å². The number of para-hydroxylation sites is 2. The number of nitrogens with zero attached hydrogens (tertiary/aromatic N) is 10. The van der Waals surface area contributed by atoms with Gasteiger partial charge in [-0.15, -0.1) is 64.2 Å². The van der Waals surface area contributed by atoms with E-state index in [0.717, 1.165) is 24.1 Å². The minimum absolute atomic E-state index is 0.0770. The molecule has 0 aliphatic carbocycles. The molecule has 42 heteroatoms. The Morgan fingerprint density at radius 2 is 0.637 bits per heavy atom. The van der Waals surface area contributed by atoms with Gasteiger partial charge in [0.2, 0.25) is 29.5 Å². The van der Waals surface area contributed by atoms with E-state index in [1.54, 1.807) is 224 Å². The van der Waals surface area contributed by atoms with E-state index >= 15 is 0 Å². The van der Waals surface area contributed by atoms with Crippen LogP contribution in [0.2, 0.25) is 10.0 Å². The topological polar surface area (TPSA) is 461 Å². The van der Waals surface area contributed by atoms with Crippen molar-refractivity contribution in [2.75, 3.05) is 61.6 Å². The molecule has 5 N–H and O–H groups in total. The van der Waals surface area contributed by atoms with Gasteiger partial charge in [-0.1, -0.05) is 84.2 Å². The molecule has 0 atom stereocenters. The van der Waals surface area contributed by atoms with Gasteiger partial charge in [-0.3, -0.25) is 24.0 Å². The van der Waals surface area contributed by atoms with Crippen LogP contribution < -0.4 is 55.0 Å². The van der Waals surface area contributed by atoms with Crippen LogP contribution in [0.3, 0.4) is 0 Å². The van der Waals surface area contributed by atoms with Crippen molar-refractivity contribution in [2.45, 2.75) is 26.6 Å². The molecule has 20 rings (SSSR count). The lowest BCUT2D eigenvalue weighted by atomic mass is 10.1. The number of hydrogen-bond acceptors (Lipinski definition) is 31. The zero-order chi connectivity index (χ0) is 102. The highest BCUT2D eigenvalue weighted by molar-refractivity contribution is 9.10. The summed E-state index contributed by atoms with van der Waals surface area (Å²) in [6, 6.07) is 76.1. The zero-order valence-electron chi connectivity index (χ0n) is 77.1. The quantitative estimate of drug-likeness (QED) is 0.0304. The Morgan fingerprint density at radius 3 is 0.966 bits per heavy atom. The van der Waals surface area contributed by atoms with Crippen LogP contribution in [-0.2, 0) is 0 Å². The molecule has 0 aliphatic rings. The standard InChI is InChI=1S/C22H18ClN3O4.C21H14F3N3O5.C21H17N3O4.C20H14BrN3O4.C20H14ClN3O4/c1-2-10-28-18-9-8-15(23)13-17(18)20(27)24-16-6-3-5-14(12-16)21-25-26-22(30-21)19-7-4-11-29-19;1-29-16-8-7-14(32-21(22,23)24)11-15(16)18(28)25-13-5-2-4-12(10-13)19-26-27-20(31-19)17-6-3-9-30-17;1-13-8-9-17(26-2)16(11-13)19(25)22-15-6-3-5-14(12-15)20-23-24-21(28-20)18-7-4-10-27-18;2*1-26-17-14(7-3-8-15(17)21)18(25)22-13-6-2-5-12(11-13)19-23-24-20(28-19)16-9-4-10-27-16/h3-9,11-13H,2,10H2,1H3,(H,24,27);2-11H,1H3,(H,25,28);3-12H,1-2H3,(H,22,25);2*2-11H,1H3,(H,22,25). The third kappa shape index (κ3) is 25.5. The van der Waals surface area contributed by atoms with Gasteiger partial charge in [-0.25, -0.2) is 0 Å². The third-order valence-corrected chi connectivity index (χ3v) is 21.5. The molecule has 0 aliphatic heterocycles. The molecule has 5 amide bonds. The largest absolute Gasteiger partial charge is 0.573 e. The van der Waals surface area contributed by atoms with Crippen LogP contribution in [0.15, 0.2) is 353 Å². The Labute approximate surface area is 843 Å². The molecule has 0 radical (unpaired) electrons. The Bertz CT molecular complexity index is 7530. The maximum Gasteiger partial charge on any atom is 0.573 e. The normalized spacial score (nSPS) is 10.8. The SMILES string of the molecule is CCCOc1ccc(Cl)cc1C(=O)Nc1cccc(-c2nnc(-c3ccco3)o2)c1.COc1c(Br)cccc1C(=O)Nc1cccc(-c2nnc(-c3ccco3)o2)c1.COc1c(Cl)cccc1C(=O)Nc1cccc(-c2nnc(-c3ccco3)o2)c1.COc1ccc(C)cc1C(=O)Nc1cccc(-c2nnc(-c3ccco3)o2)c1.COc1ccc(OC(F)(F)F)cc1C(=O)Nc1cccc(-c2nnc(-c3ccco3)o2)c1. The molecule has 10 aromatic carbocycles. The number of aryl methyl sites for hydroxylation is 1. The summed E-state index contributed by atoms with van der Waals surface area (Å²) in [5.74, 6) is 4.50. The Morgan fingerprint density at radius 1 is 0.329 bits per heavy atom. The first-order chi connectivity index (χ1) is 70.9. The van der Waals surface area contributed by atoms with Crippen LogP contribution in [0.4, 0.5) is 41.6 Å². The highest BCUT2D eigenvalue weighted by Crippen LogP contribution is 2.39. The van der Waals surface area contributed by atoms with E-state index < -0.39 is 18.0 Å². The maximum atomic E-state index is 12.8. The fraction of sp³-hybridized carbons (Fsp3) is 0.0865. The van der Waals surface area contributed by atoms with Crippen LogP contribution >= 0.6 is 39.1 Å². The van der Waals surface area contributed by atoms with E-state index in [9.17, 15) is 37.1 Å². The predicted octanol–water partition coefficient (Wildman–Crippen LogP) is 25.3. The van der Waals surface area contributed by atoms with Crippen molar-refractivity contribution in [1.82, 2.24) is 51.0 Å². The first kappa shape index (κ1) is 100. The van der Waals surface area contributed by atoms with Crippen molar-refractivity contribution in [3.8, 4) is 150 Å². The lowest BCUT2D eigenvalue weighted by Crippen LogP contribution is -2.18. The Kier molecular flexibility index (Phi) is 32.3. The van der Waals surface area contributed by atoms with Gasteiger partial charge in [0.05, 0.1) is 104 Å². The maximum absolute atomic E-state index is 12.8. The van der Waals surface area contributed by atoms with E-state index in [0.29, 0.717) is 181 Å². The minimum Gasteiger partial charge on any atom is -0.496 e. The number of rotatable bonds is 28. The van der Waals surface area contributed by atoms with Crippen molar-refractivity contribution in [3.63, 3.8) is 0 Å². The van der Waals surface area contributed by atoms with Crippen molar-refractivity contribution < 1.29 is 110 Å². The van der Waals surface area contributed by atoms with Crippen LogP contribution in [0.5, 0.6) is 34.5 Å². The molecule has 0 unspecified atom stereocenters. The summed E-state index contributed by atoms with van der Waals surface area (Å²) < 4.78 is 123. The molecule has 736 valence electrons. The van der Waals surface area contributed by atoms with Gasteiger partial charge >= 0.3 is 6.36 Å². The van der Waals surface area contributed by atoms with Crippen LogP contribution in [0.1, 0.15) is 70.7 Å². The van der Waals surface area contributed by atoms with E-state index in [1.165, 1.54) is 65.8 Å². The summed E-state index contributed by atoms with van der Waals surface area (Å²) in [5.41, 5.74) is 8.22. The third-order valence-electron chi connectivity index (χ3n) is 20.3. The van der Waals surface area contributed by atoms with Gasteiger partial charge in [0.15, 0.2) is 28.8 Å². The number of furan rings is 5. The number of benzene rings is 10. The lowest BCUT2D eigenvalue weighted by Gasteiger charge is -2.13. The molecule has 0 saturated heterocycles. The Balaban J connectivity index is 0.000000131. The number of nitrogens with one attached hydrogen (secondary N) is 5. The van der Waals surface area contributed by atoms with Gasteiger partial charge in [0.1, 0.15) is 34.5 Å². The van der Waals surface area contributed by atoms with Gasteiger partial charge in [0, 0.05) is 61.3 Å². The molecular weight excluding hydrogens is 2000 g/mol. The molecule has 20 aromatic rings. The van der Waals surface area contributed by atoms with Crippen molar-refractivity contribution >= 4 is 97.1 Å².